The first kappa shape index (κ1) is 34.4. The summed E-state index contributed by atoms with van der Waals surface area (Å²) in [6.07, 6.45) is 0. The average molecular weight is 754 g/mol. The van der Waals surface area contributed by atoms with Crippen molar-refractivity contribution in [1.82, 2.24) is 4.57 Å². The second kappa shape index (κ2) is 14.6. The molecule has 0 fully saturated rings. The van der Waals surface area contributed by atoms with E-state index in [-0.39, 0.29) is 0 Å². The molecule has 0 aliphatic rings. The van der Waals surface area contributed by atoms with Crippen molar-refractivity contribution in [2.45, 2.75) is 0 Å². The first-order valence-electron chi connectivity index (χ1n) is 20.2. The lowest BCUT2D eigenvalue weighted by Crippen LogP contribution is -2.14. The zero-order valence-electron chi connectivity index (χ0n) is 32.4. The number of anilines is 6. The zero-order valence-corrected chi connectivity index (χ0v) is 32.4. The second-order valence-corrected chi connectivity index (χ2v) is 15.0. The Morgan fingerprint density at radius 1 is 0.305 bits per heavy atom. The molecule has 11 rings (SSSR count). The van der Waals surface area contributed by atoms with Gasteiger partial charge in [0.25, 0.3) is 0 Å². The fourth-order valence-electron chi connectivity index (χ4n) is 8.92. The van der Waals surface area contributed by atoms with Gasteiger partial charge in [-0.05, 0) is 106 Å². The van der Waals surface area contributed by atoms with Crippen LogP contribution in [0.25, 0.3) is 60.2 Å². The van der Waals surface area contributed by atoms with Gasteiger partial charge < -0.3 is 14.4 Å². The van der Waals surface area contributed by atoms with Gasteiger partial charge in [0.15, 0.2) is 0 Å². The van der Waals surface area contributed by atoms with Crippen LogP contribution in [0.15, 0.2) is 237 Å². The molecule has 0 aliphatic heterocycles. The van der Waals surface area contributed by atoms with Gasteiger partial charge in [0.1, 0.15) is 0 Å². The summed E-state index contributed by atoms with van der Waals surface area (Å²) >= 11 is 0. The maximum Gasteiger partial charge on any atom is 0.0561 e. The number of para-hydroxylation sites is 5. The van der Waals surface area contributed by atoms with Crippen molar-refractivity contribution in [1.29, 1.82) is 0 Å². The number of aromatic nitrogens is 1. The molecule has 0 radical (unpaired) electrons. The third kappa shape index (κ3) is 6.00. The highest BCUT2D eigenvalue weighted by Gasteiger charge is 2.23. The van der Waals surface area contributed by atoms with Crippen LogP contribution in [0.1, 0.15) is 0 Å². The van der Waals surface area contributed by atoms with Crippen molar-refractivity contribution < 1.29 is 0 Å². The van der Waals surface area contributed by atoms with E-state index in [0.717, 1.165) is 45.3 Å². The second-order valence-electron chi connectivity index (χ2n) is 15.0. The highest BCUT2D eigenvalue weighted by atomic mass is 15.2. The maximum atomic E-state index is 2.45. The highest BCUT2D eigenvalue weighted by molar-refractivity contribution is 6.19. The molecule has 3 nitrogen and oxygen atoms in total. The molecule has 0 saturated carbocycles. The van der Waals surface area contributed by atoms with Crippen LogP contribution in [-0.4, -0.2) is 4.57 Å². The molecule has 11 aromatic rings. The predicted octanol–water partition coefficient (Wildman–Crippen LogP) is 15.7. The Hall–Kier alpha value is -7.88. The molecule has 10 aromatic carbocycles. The molecule has 0 spiro atoms. The van der Waals surface area contributed by atoms with Crippen molar-refractivity contribution >= 4 is 77.5 Å². The van der Waals surface area contributed by atoms with Gasteiger partial charge in [0.05, 0.1) is 16.7 Å². The van der Waals surface area contributed by atoms with Crippen molar-refractivity contribution in [3.63, 3.8) is 0 Å². The lowest BCUT2D eigenvalue weighted by molar-refractivity contribution is 1.18. The third-order valence-corrected chi connectivity index (χ3v) is 11.5. The fourth-order valence-corrected chi connectivity index (χ4v) is 8.92. The summed E-state index contributed by atoms with van der Waals surface area (Å²) in [6, 6.07) is 85.5. The quantitative estimate of drug-likeness (QED) is 0.143. The summed E-state index contributed by atoms with van der Waals surface area (Å²) in [7, 11) is 0. The van der Waals surface area contributed by atoms with E-state index in [1.165, 1.54) is 49.0 Å². The smallest absolute Gasteiger partial charge is 0.0561 e. The lowest BCUT2D eigenvalue weighted by atomic mass is 9.92. The lowest BCUT2D eigenvalue weighted by Gasteiger charge is -2.31. The molecule has 1 aromatic heterocycles. The number of fused-ring (bicyclic) bond motifs is 6. The van der Waals surface area contributed by atoms with Crippen LogP contribution in [0.4, 0.5) is 34.1 Å². The topological polar surface area (TPSA) is 11.4 Å². The van der Waals surface area contributed by atoms with E-state index in [9.17, 15) is 0 Å². The number of nitrogens with zero attached hydrogens (tertiary/aromatic N) is 3. The fraction of sp³-hybridized carbons (Fsp3) is 0. The Bertz CT molecular complexity index is 3210. The summed E-state index contributed by atoms with van der Waals surface area (Å²) in [6.45, 7) is 0. The van der Waals surface area contributed by atoms with Gasteiger partial charge in [0, 0.05) is 50.3 Å². The van der Waals surface area contributed by atoms with Gasteiger partial charge in [-0.25, -0.2) is 0 Å². The predicted molar refractivity (Wildman–Crippen MR) is 251 cm³/mol. The third-order valence-electron chi connectivity index (χ3n) is 11.5. The summed E-state index contributed by atoms with van der Waals surface area (Å²) in [5.74, 6) is 0. The van der Waals surface area contributed by atoms with Gasteiger partial charge >= 0.3 is 0 Å². The highest BCUT2D eigenvalue weighted by Crippen LogP contribution is 2.48. The molecule has 0 saturated heterocycles. The van der Waals surface area contributed by atoms with Crippen LogP contribution >= 0.6 is 0 Å². The molecule has 0 N–H and O–H groups in total. The molecule has 0 bridgehead atoms. The SMILES string of the molecule is c1ccc(-c2cccc3ccc4c(N(c5ccccc5)c5ccc6c7ccccc7n(-c7ccccc7)c6c5)cc(N(c5ccccc5)c5ccccc5)cc4c23)cc1. The van der Waals surface area contributed by atoms with Gasteiger partial charge in [-0.1, -0.05) is 158 Å². The summed E-state index contributed by atoms with van der Waals surface area (Å²) in [4.78, 5) is 4.83. The molecule has 0 aliphatic carbocycles. The van der Waals surface area contributed by atoms with Crippen LogP contribution in [0, 0.1) is 0 Å². The van der Waals surface area contributed by atoms with Gasteiger partial charge in [-0.3, -0.25) is 0 Å². The van der Waals surface area contributed by atoms with E-state index in [2.05, 4.69) is 251 Å². The molecule has 3 heteroatoms. The standard InChI is InChI=1S/C56H39N3/c1-6-19-40(20-7-1)48-31-18-21-41-33-35-51-52(56(41)48)37-47(57(42-22-8-2-9-23-42)43-24-10-3-11-25-43)39-54(51)58(44-26-12-4-13-27-44)46-34-36-50-49-30-16-17-32-53(49)59(55(50)38-46)45-28-14-5-15-29-45/h1-39H. The van der Waals surface area contributed by atoms with Crippen molar-refractivity contribution in [3.8, 4) is 16.8 Å². The van der Waals surface area contributed by atoms with Crippen LogP contribution in [0.3, 0.4) is 0 Å². The molecule has 1 heterocycles. The number of hydrogen-bond donors (Lipinski definition) is 0. The van der Waals surface area contributed by atoms with E-state index in [0.29, 0.717) is 0 Å². The van der Waals surface area contributed by atoms with Crippen LogP contribution in [-0.2, 0) is 0 Å². The minimum atomic E-state index is 1.07. The van der Waals surface area contributed by atoms with Crippen molar-refractivity contribution in [3.05, 3.63) is 237 Å². The normalized spacial score (nSPS) is 11.4. The van der Waals surface area contributed by atoms with E-state index in [1.807, 2.05) is 0 Å². The van der Waals surface area contributed by atoms with Gasteiger partial charge in [0.2, 0.25) is 0 Å². The van der Waals surface area contributed by atoms with Crippen molar-refractivity contribution in [2.75, 3.05) is 9.80 Å². The van der Waals surface area contributed by atoms with E-state index in [1.54, 1.807) is 0 Å². The number of benzene rings is 10. The molecule has 278 valence electrons. The van der Waals surface area contributed by atoms with E-state index in [4.69, 9.17) is 0 Å². The molecular weight excluding hydrogens is 715 g/mol. The van der Waals surface area contributed by atoms with Crippen molar-refractivity contribution in [2.24, 2.45) is 0 Å². The van der Waals surface area contributed by atoms with Gasteiger partial charge in [-0.15, -0.1) is 0 Å². The van der Waals surface area contributed by atoms with Crippen LogP contribution < -0.4 is 9.80 Å². The van der Waals surface area contributed by atoms with E-state index >= 15 is 0 Å². The first-order valence-corrected chi connectivity index (χ1v) is 20.2. The summed E-state index contributed by atoms with van der Waals surface area (Å²) in [5, 5.41) is 7.24. The zero-order chi connectivity index (χ0) is 39.1. The molecule has 0 unspecified atom stereocenters. The monoisotopic (exact) mass is 753 g/mol. The minimum Gasteiger partial charge on any atom is -0.310 e. The first-order chi connectivity index (χ1) is 29.3. The summed E-state index contributed by atoms with van der Waals surface area (Å²) in [5.41, 5.74) is 12.4. The number of rotatable bonds is 8. The van der Waals surface area contributed by atoms with Gasteiger partial charge in [-0.2, -0.15) is 0 Å². The minimum absolute atomic E-state index is 1.07. The van der Waals surface area contributed by atoms with Crippen LogP contribution in [0.5, 0.6) is 0 Å². The van der Waals surface area contributed by atoms with Crippen LogP contribution in [0.2, 0.25) is 0 Å². The van der Waals surface area contributed by atoms with E-state index < -0.39 is 0 Å². The Balaban J connectivity index is 1.26. The largest absolute Gasteiger partial charge is 0.310 e. The Labute approximate surface area is 343 Å². The molecule has 0 amide bonds. The Kier molecular flexibility index (Phi) is 8.49. The molecular formula is C56H39N3. The Morgan fingerprint density at radius 2 is 0.864 bits per heavy atom. The molecule has 59 heavy (non-hydrogen) atoms. The molecule has 0 atom stereocenters. The average Bonchev–Trinajstić information content (AvgIpc) is 3.64. The maximum absolute atomic E-state index is 2.45. The Morgan fingerprint density at radius 3 is 1.54 bits per heavy atom. The summed E-state index contributed by atoms with van der Waals surface area (Å²) < 4.78 is 2.40. The number of hydrogen-bond acceptors (Lipinski definition) is 2.